The molecule has 0 saturated carbocycles. The Morgan fingerprint density at radius 3 is 1.19 bits per heavy atom. The molecule has 1 aromatic rings. The Bertz CT molecular complexity index is 1050. The van der Waals surface area contributed by atoms with E-state index < -0.39 is 25.2 Å². The molecule has 0 aromatic heterocycles. The second-order valence-corrected chi connectivity index (χ2v) is 19.9. The zero-order valence-electron chi connectivity index (χ0n) is 35.2. The van der Waals surface area contributed by atoms with Crippen LogP contribution in [0.2, 0.25) is 18.1 Å². The van der Waals surface area contributed by atoms with Gasteiger partial charge in [-0.1, -0.05) is 226 Å². The van der Waals surface area contributed by atoms with Crippen LogP contribution in [0.25, 0.3) is 0 Å². The molecule has 0 fully saturated rings. The zero-order valence-corrected chi connectivity index (χ0v) is 36.2. The minimum absolute atomic E-state index is 0.142. The first kappa shape index (κ1) is 49.5. The van der Waals surface area contributed by atoms with Crippen LogP contribution in [-0.2, 0) is 14.0 Å². The van der Waals surface area contributed by atoms with Crippen molar-refractivity contribution in [3.63, 3.8) is 0 Å². The van der Waals surface area contributed by atoms with Crippen molar-refractivity contribution in [2.24, 2.45) is 0 Å². The van der Waals surface area contributed by atoms with E-state index in [-0.39, 0.29) is 11.4 Å². The first-order valence-electron chi connectivity index (χ1n) is 22.7. The summed E-state index contributed by atoms with van der Waals surface area (Å²) in [6.07, 6.45) is 40.5. The number of nitro groups is 1. The van der Waals surface area contributed by atoms with E-state index in [4.69, 9.17) is 9.16 Å². The van der Waals surface area contributed by atoms with Crippen LogP contribution in [0.3, 0.4) is 0 Å². The predicted octanol–water partition coefficient (Wildman–Crippen LogP) is 15.3. The molecule has 1 rings (SSSR count). The summed E-state index contributed by atoms with van der Waals surface area (Å²) < 4.78 is 11.8. The number of benzene rings is 1. The lowest BCUT2D eigenvalue weighted by atomic mass is 10.1. The van der Waals surface area contributed by atoms with Crippen molar-refractivity contribution in [3.8, 4) is 5.75 Å². The molecule has 1 aromatic carbocycles. The molecule has 0 bridgehead atoms. The largest absolute Gasteiger partial charge is 0.516 e. The van der Waals surface area contributed by atoms with Gasteiger partial charge in [-0.3, -0.25) is 10.1 Å². The predicted molar refractivity (Wildman–Crippen MR) is 230 cm³/mol. The summed E-state index contributed by atoms with van der Waals surface area (Å²) in [4.78, 5) is 36.9. The van der Waals surface area contributed by atoms with E-state index in [9.17, 15) is 19.7 Å². The molecule has 7 nitrogen and oxygen atoms in total. The monoisotopic (exact) mass is 772 g/mol. The molecule has 0 radical (unpaired) electrons. The molecule has 0 N–H and O–H groups in total. The SMILES string of the molecule is CCCCCCCCCCCC[Si](CCCCCCCCCCCC)(CCCCCCCCCCCC)OC(=O)/C=C/C(=O)Oc1ccccc1[N+](=O)[O-]. The number of ether oxygens (including phenoxy) is 1. The van der Waals surface area contributed by atoms with Gasteiger partial charge in [0.2, 0.25) is 5.75 Å². The van der Waals surface area contributed by atoms with Gasteiger partial charge in [0, 0.05) is 18.2 Å². The third-order valence-electron chi connectivity index (χ3n) is 10.9. The van der Waals surface area contributed by atoms with Crippen molar-refractivity contribution in [1.29, 1.82) is 0 Å². The highest BCUT2D eigenvalue weighted by molar-refractivity contribution is 6.75. The van der Waals surface area contributed by atoms with Gasteiger partial charge in [-0.2, -0.15) is 0 Å². The normalized spacial score (nSPS) is 11.7. The maximum Gasteiger partial charge on any atom is 0.336 e. The van der Waals surface area contributed by atoms with E-state index in [2.05, 4.69) is 20.8 Å². The molecule has 8 heteroatoms. The smallest absolute Gasteiger partial charge is 0.336 e. The molecule has 310 valence electrons. The number of rotatable bonds is 38. The molecular weight excluding hydrogens is 691 g/mol. The Hall–Kier alpha value is -2.48. The van der Waals surface area contributed by atoms with E-state index >= 15 is 0 Å². The molecule has 0 aliphatic carbocycles. The highest BCUT2D eigenvalue weighted by Crippen LogP contribution is 2.32. The minimum atomic E-state index is -2.44. The van der Waals surface area contributed by atoms with Crippen LogP contribution in [0.15, 0.2) is 36.4 Å². The van der Waals surface area contributed by atoms with Crippen LogP contribution in [0.5, 0.6) is 5.75 Å². The van der Waals surface area contributed by atoms with Crippen molar-refractivity contribution in [2.45, 2.75) is 232 Å². The van der Waals surface area contributed by atoms with Gasteiger partial charge < -0.3 is 9.16 Å². The average Bonchev–Trinajstić information content (AvgIpc) is 3.16. The van der Waals surface area contributed by atoms with Crippen molar-refractivity contribution >= 4 is 25.9 Å². The van der Waals surface area contributed by atoms with Crippen molar-refractivity contribution in [2.75, 3.05) is 0 Å². The van der Waals surface area contributed by atoms with Crippen molar-refractivity contribution in [3.05, 3.63) is 46.5 Å². The second-order valence-electron chi connectivity index (χ2n) is 15.9. The van der Waals surface area contributed by atoms with E-state index in [1.54, 1.807) is 6.07 Å². The molecule has 0 atom stereocenters. The fourth-order valence-corrected chi connectivity index (χ4v) is 11.8. The van der Waals surface area contributed by atoms with Gasteiger partial charge in [0.15, 0.2) is 0 Å². The van der Waals surface area contributed by atoms with E-state index in [0.717, 1.165) is 43.5 Å². The van der Waals surface area contributed by atoms with E-state index in [0.29, 0.717) is 0 Å². The lowest BCUT2D eigenvalue weighted by molar-refractivity contribution is -0.385. The van der Waals surface area contributed by atoms with Gasteiger partial charge in [0.1, 0.15) is 0 Å². The third kappa shape index (κ3) is 27.2. The van der Waals surface area contributed by atoms with Crippen LogP contribution in [0.4, 0.5) is 5.69 Å². The number of esters is 1. The second kappa shape index (κ2) is 35.0. The number of hydrogen-bond acceptors (Lipinski definition) is 6. The fraction of sp³-hybridized carbons (Fsp3) is 0.783. The van der Waals surface area contributed by atoms with Gasteiger partial charge in [-0.25, -0.2) is 9.59 Å². The molecule has 0 spiro atoms. The fourth-order valence-electron chi connectivity index (χ4n) is 7.55. The van der Waals surface area contributed by atoms with Crippen molar-refractivity contribution < 1.29 is 23.7 Å². The maximum absolute atomic E-state index is 13.4. The van der Waals surface area contributed by atoms with Gasteiger partial charge >= 0.3 is 17.6 Å². The maximum atomic E-state index is 13.4. The number of nitrogens with zero attached hydrogens (tertiary/aromatic N) is 1. The number of para-hydroxylation sites is 2. The average molecular weight is 772 g/mol. The Balaban J connectivity index is 2.90. The Morgan fingerprint density at radius 1 is 0.519 bits per heavy atom. The van der Waals surface area contributed by atoms with Gasteiger partial charge in [0.25, 0.3) is 8.32 Å². The summed E-state index contributed by atoms with van der Waals surface area (Å²) in [5, 5.41) is 11.4. The Kier molecular flexibility index (Phi) is 32.1. The van der Waals surface area contributed by atoms with Crippen LogP contribution in [-0.4, -0.2) is 25.2 Å². The third-order valence-corrected chi connectivity index (χ3v) is 15.3. The van der Waals surface area contributed by atoms with E-state index in [1.807, 2.05) is 0 Å². The summed E-state index contributed by atoms with van der Waals surface area (Å²) in [5.74, 6) is -1.45. The first-order valence-corrected chi connectivity index (χ1v) is 25.3. The molecule has 0 heterocycles. The molecule has 54 heavy (non-hydrogen) atoms. The highest BCUT2D eigenvalue weighted by atomic mass is 28.4. The van der Waals surface area contributed by atoms with Crippen LogP contribution >= 0.6 is 0 Å². The molecule has 0 unspecified atom stereocenters. The summed E-state index contributed by atoms with van der Waals surface area (Å²) in [6.45, 7) is 6.79. The number of unbranched alkanes of at least 4 members (excludes halogenated alkanes) is 27. The number of carbonyl (C=O) groups excluding carboxylic acids is 2. The quantitative estimate of drug-likeness (QED) is 0.0126. The summed E-state index contributed by atoms with van der Waals surface area (Å²) in [5.41, 5.74) is -0.294. The van der Waals surface area contributed by atoms with Crippen LogP contribution in [0, 0.1) is 10.1 Å². The first-order chi connectivity index (χ1) is 26.4. The van der Waals surface area contributed by atoms with Crippen LogP contribution in [0.1, 0.15) is 213 Å². The topological polar surface area (TPSA) is 95.7 Å². The lowest BCUT2D eigenvalue weighted by Crippen LogP contribution is -2.40. The molecular formula is C46H81NO6Si. The number of carbonyl (C=O) groups is 2. The minimum Gasteiger partial charge on any atom is -0.516 e. The highest BCUT2D eigenvalue weighted by Gasteiger charge is 2.36. The summed E-state index contributed by atoms with van der Waals surface area (Å²) in [7, 11) is -2.44. The molecule has 0 aliphatic heterocycles. The van der Waals surface area contributed by atoms with Crippen LogP contribution < -0.4 is 4.74 Å². The number of nitro benzene ring substituents is 1. The van der Waals surface area contributed by atoms with Crippen molar-refractivity contribution in [1.82, 2.24) is 0 Å². The molecule has 0 saturated heterocycles. The van der Waals surface area contributed by atoms with Gasteiger partial charge in [-0.05, 0) is 24.2 Å². The lowest BCUT2D eigenvalue weighted by Gasteiger charge is -2.31. The summed E-state index contributed by atoms with van der Waals surface area (Å²) in [6, 6.07) is 8.71. The summed E-state index contributed by atoms with van der Waals surface area (Å²) >= 11 is 0. The molecule has 0 aliphatic rings. The Labute approximate surface area is 332 Å². The van der Waals surface area contributed by atoms with E-state index in [1.165, 1.54) is 198 Å². The Morgan fingerprint density at radius 2 is 0.833 bits per heavy atom. The standard InChI is InChI=1S/C46H81NO6Si/c1-4-7-10-13-16-19-22-25-28-33-40-54(41-34-29-26-23-20-17-14-11-8-5-2,42-35-30-27-24-21-18-15-12-9-6-3)53-46(49)39-38-45(48)52-44-37-32-31-36-43(44)47(50)51/h31-32,36-39H,4-30,33-35,40-42H2,1-3H3/b39-38+. The van der Waals surface area contributed by atoms with Gasteiger partial charge in [0.05, 0.1) is 4.92 Å². The zero-order chi connectivity index (χ0) is 39.4. The molecule has 0 amide bonds. The van der Waals surface area contributed by atoms with Gasteiger partial charge in [-0.15, -0.1) is 0 Å². The number of hydrogen-bond donors (Lipinski definition) is 0.